The van der Waals surface area contributed by atoms with Crippen LogP contribution < -0.4 is 5.32 Å². The SMILES string of the molecule is O=C(Nc1ccc(C(=O)N2CCCC2)cc1)c1ccccc1SCc1cccs1. The largest absolute Gasteiger partial charge is 0.339 e. The molecule has 3 aromatic rings. The summed E-state index contributed by atoms with van der Waals surface area (Å²) in [4.78, 5) is 29.4. The van der Waals surface area contributed by atoms with Crippen LogP contribution in [0.2, 0.25) is 0 Å². The van der Waals surface area contributed by atoms with E-state index in [0.717, 1.165) is 36.6 Å². The summed E-state index contributed by atoms with van der Waals surface area (Å²) in [5.41, 5.74) is 2.01. The number of thiophene rings is 1. The van der Waals surface area contributed by atoms with Gasteiger partial charge in [-0.1, -0.05) is 18.2 Å². The lowest BCUT2D eigenvalue weighted by Gasteiger charge is -2.15. The molecule has 2 amide bonds. The zero-order valence-corrected chi connectivity index (χ0v) is 17.6. The molecular weight excluding hydrogens is 400 g/mol. The van der Waals surface area contributed by atoms with Gasteiger partial charge in [0, 0.05) is 39.9 Å². The minimum atomic E-state index is -0.141. The van der Waals surface area contributed by atoms with Crippen LogP contribution >= 0.6 is 23.1 Å². The minimum Gasteiger partial charge on any atom is -0.339 e. The van der Waals surface area contributed by atoms with E-state index in [9.17, 15) is 9.59 Å². The molecule has 4 rings (SSSR count). The topological polar surface area (TPSA) is 49.4 Å². The van der Waals surface area contributed by atoms with Crippen LogP contribution in [-0.2, 0) is 5.75 Å². The van der Waals surface area contributed by atoms with Crippen molar-refractivity contribution >= 4 is 40.6 Å². The number of amides is 2. The van der Waals surface area contributed by atoms with Crippen molar-refractivity contribution in [3.05, 3.63) is 82.0 Å². The summed E-state index contributed by atoms with van der Waals surface area (Å²) in [6.07, 6.45) is 2.15. The number of likely N-dealkylation sites (tertiary alicyclic amines) is 1. The standard InChI is InChI=1S/C23H22N2O2S2/c26-22(20-7-1-2-8-21(20)29-16-19-6-5-15-28-19)24-18-11-9-17(10-12-18)23(27)25-13-3-4-14-25/h1-2,5-12,15H,3-4,13-14,16H2,(H,24,26). The first-order valence-electron chi connectivity index (χ1n) is 9.65. The van der Waals surface area contributed by atoms with Crippen molar-refractivity contribution in [2.45, 2.75) is 23.5 Å². The molecule has 29 heavy (non-hydrogen) atoms. The first-order chi connectivity index (χ1) is 14.2. The van der Waals surface area contributed by atoms with Crippen LogP contribution in [0.5, 0.6) is 0 Å². The maximum Gasteiger partial charge on any atom is 0.256 e. The van der Waals surface area contributed by atoms with E-state index in [4.69, 9.17) is 0 Å². The first-order valence-corrected chi connectivity index (χ1v) is 11.5. The van der Waals surface area contributed by atoms with E-state index in [2.05, 4.69) is 16.8 Å². The number of nitrogens with one attached hydrogen (secondary N) is 1. The van der Waals surface area contributed by atoms with Gasteiger partial charge in [0.05, 0.1) is 5.56 Å². The van der Waals surface area contributed by atoms with Crippen molar-refractivity contribution < 1.29 is 9.59 Å². The van der Waals surface area contributed by atoms with Crippen molar-refractivity contribution in [2.75, 3.05) is 18.4 Å². The van der Waals surface area contributed by atoms with Crippen LogP contribution in [0.3, 0.4) is 0 Å². The third-order valence-corrected chi connectivity index (χ3v) is 7.05. The molecule has 2 aromatic carbocycles. The Balaban J connectivity index is 1.42. The second-order valence-electron chi connectivity index (χ2n) is 6.89. The highest BCUT2D eigenvalue weighted by Gasteiger charge is 2.19. The molecular formula is C23H22N2O2S2. The van der Waals surface area contributed by atoms with E-state index in [1.807, 2.05) is 35.2 Å². The normalized spacial score (nSPS) is 13.4. The lowest BCUT2D eigenvalue weighted by Crippen LogP contribution is -2.27. The number of nitrogens with zero attached hydrogens (tertiary/aromatic N) is 1. The number of carbonyl (C=O) groups is 2. The highest BCUT2D eigenvalue weighted by atomic mass is 32.2. The van der Waals surface area contributed by atoms with Gasteiger partial charge in [-0.05, 0) is 60.7 Å². The van der Waals surface area contributed by atoms with E-state index in [1.54, 1.807) is 47.4 Å². The molecule has 0 saturated carbocycles. The molecule has 0 radical (unpaired) electrons. The molecule has 1 fully saturated rings. The summed E-state index contributed by atoms with van der Waals surface area (Å²) in [5.74, 6) is 0.767. The van der Waals surface area contributed by atoms with Crippen LogP contribution in [0.15, 0.2) is 70.9 Å². The zero-order chi connectivity index (χ0) is 20.1. The van der Waals surface area contributed by atoms with Crippen molar-refractivity contribution in [3.8, 4) is 0 Å². The van der Waals surface area contributed by atoms with Crippen molar-refractivity contribution in [1.29, 1.82) is 0 Å². The summed E-state index contributed by atoms with van der Waals surface area (Å²) >= 11 is 3.38. The lowest BCUT2D eigenvalue weighted by atomic mass is 10.1. The molecule has 0 atom stereocenters. The maximum absolute atomic E-state index is 12.8. The third-order valence-electron chi connectivity index (χ3n) is 4.86. The molecule has 0 unspecified atom stereocenters. The number of hydrogen-bond acceptors (Lipinski definition) is 4. The average molecular weight is 423 g/mol. The second-order valence-corrected chi connectivity index (χ2v) is 8.94. The smallest absolute Gasteiger partial charge is 0.256 e. The fourth-order valence-corrected chi connectivity index (χ4v) is 5.14. The summed E-state index contributed by atoms with van der Waals surface area (Å²) in [6, 6.07) is 19.0. The molecule has 0 bridgehead atoms. The minimum absolute atomic E-state index is 0.0655. The van der Waals surface area contributed by atoms with E-state index < -0.39 is 0 Å². The molecule has 0 aliphatic carbocycles. The number of rotatable bonds is 6. The summed E-state index contributed by atoms with van der Waals surface area (Å²) in [7, 11) is 0. The molecule has 2 heterocycles. The quantitative estimate of drug-likeness (QED) is 0.532. The highest BCUT2D eigenvalue weighted by Crippen LogP contribution is 2.28. The summed E-state index contributed by atoms with van der Waals surface area (Å²) in [6.45, 7) is 1.66. The van der Waals surface area contributed by atoms with Crippen molar-refractivity contribution in [3.63, 3.8) is 0 Å². The van der Waals surface area contributed by atoms with Crippen LogP contribution in [0.25, 0.3) is 0 Å². The Hall–Kier alpha value is -2.57. The molecule has 1 N–H and O–H groups in total. The predicted octanol–water partition coefficient (Wildman–Crippen LogP) is 5.53. The van der Waals surface area contributed by atoms with Crippen molar-refractivity contribution in [1.82, 2.24) is 4.90 Å². The molecule has 6 heteroatoms. The van der Waals surface area contributed by atoms with Gasteiger partial charge in [-0.3, -0.25) is 9.59 Å². The Kier molecular flexibility index (Phi) is 6.32. The molecule has 0 spiro atoms. The molecule has 1 aromatic heterocycles. The van der Waals surface area contributed by atoms with Crippen molar-refractivity contribution in [2.24, 2.45) is 0 Å². The Bertz CT molecular complexity index is 978. The van der Waals surface area contributed by atoms with Gasteiger partial charge in [-0.15, -0.1) is 23.1 Å². The van der Waals surface area contributed by atoms with Gasteiger partial charge >= 0.3 is 0 Å². The van der Waals surface area contributed by atoms with E-state index >= 15 is 0 Å². The van der Waals surface area contributed by atoms with Gasteiger partial charge in [0.1, 0.15) is 0 Å². The van der Waals surface area contributed by atoms with Gasteiger partial charge in [0.25, 0.3) is 11.8 Å². The maximum atomic E-state index is 12.8. The Morgan fingerprint density at radius 1 is 0.966 bits per heavy atom. The fraction of sp³-hybridized carbons (Fsp3) is 0.217. The number of hydrogen-bond donors (Lipinski definition) is 1. The van der Waals surface area contributed by atoms with Gasteiger partial charge in [0.2, 0.25) is 0 Å². The number of carbonyl (C=O) groups excluding carboxylic acids is 2. The van der Waals surface area contributed by atoms with Gasteiger partial charge in [-0.2, -0.15) is 0 Å². The second kappa shape index (κ2) is 9.29. The van der Waals surface area contributed by atoms with Gasteiger partial charge < -0.3 is 10.2 Å². The first kappa shape index (κ1) is 19.7. The lowest BCUT2D eigenvalue weighted by molar-refractivity contribution is 0.0792. The molecule has 1 saturated heterocycles. The molecule has 4 nitrogen and oxygen atoms in total. The Morgan fingerprint density at radius 3 is 2.45 bits per heavy atom. The van der Waals surface area contributed by atoms with E-state index in [-0.39, 0.29) is 11.8 Å². The van der Waals surface area contributed by atoms with Gasteiger partial charge in [0.15, 0.2) is 0 Å². The number of benzene rings is 2. The van der Waals surface area contributed by atoms with Crippen LogP contribution in [-0.4, -0.2) is 29.8 Å². The average Bonchev–Trinajstić information content (AvgIpc) is 3.47. The Labute approximate surface area is 178 Å². The molecule has 1 aliphatic rings. The van der Waals surface area contributed by atoms with Gasteiger partial charge in [-0.25, -0.2) is 0 Å². The molecule has 148 valence electrons. The van der Waals surface area contributed by atoms with Crippen LogP contribution in [0.1, 0.15) is 38.4 Å². The number of anilines is 1. The zero-order valence-electron chi connectivity index (χ0n) is 16.0. The van der Waals surface area contributed by atoms with E-state index in [1.165, 1.54) is 4.88 Å². The monoisotopic (exact) mass is 422 g/mol. The predicted molar refractivity (Wildman–Crippen MR) is 120 cm³/mol. The molecule has 1 aliphatic heterocycles. The third kappa shape index (κ3) is 4.89. The fourth-order valence-electron chi connectivity index (χ4n) is 3.32. The van der Waals surface area contributed by atoms with Crippen LogP contribution in [0, 0.1) is 0 Å². The summed E-state index contributed by atoms with van der Waals surface area (Å²) in [5, 5.41) is 5.02. The summed E-state index contributed by atoms with van der Waals surface area (Å²) < 4.78 is 0. The Morgan fingerprint density at radius 2 is 1.72 bits per heavy atom. The van der Waals surface area contributed by atoms with Crippen LogP contribution in [0.4, 0.5) is 5.69 Å². The highest BCUT2D eigenvalue weighted by molar-refractivity contribution is 7.98. The van der Waals surface area contributed by atoms with E-state index in [0.29, 0.717) is 16.8 Å². The number of thioether (sulfide) groups is 1.